The van der Waals surface area contributed by atoms with E-state index in [-0.39, 0.29) is 12.1 Å². The highest BCUT2D eigenvalue weighted by Gasteiger charge is 2.07. The summed E-state index contributed by atoms with van der Waals surface area (Å²) in [4.78, 5) is 15.0. The number of nitrogens with two attached hydrogens (primary N) is 1. The Hall–Kier alpha value is -2.63. The zero-order valence-corrected chi connectivity index (χ0v) is 10.9. The molecule has 0 spiro atoms. The average molecular weight is 275 g/mol. The molecular formula is C14H14FN3O2. The Morgan fingerprint density at radius 2 is 2.20 bits per heavy atom. The van der Waals surface area contributed by atoms with Crippen molar-refractivity contribution < 1.29 is 13.9 Å². The molecule has 0 aliphatic heterocycles. The van der Waals surface area contributed by atoms with Crippen LogP contribution in [0, 0.1) is 5.82 Å². The number of hydrogen-bond acceptors (Lipinski definition) is 4. The summed E-state index contributed by atoms with van der Waals surface area (Å²) >= 11 is 0. The second-order valence-electron chi connectivity index (χ2n) is 4.11. The number of amides is 1. The molecule has 1 aromatic carbocycles. The van der Waals surface area contributed by atoms with Crippen molar-refractivity contribution in [2.24, 2.45) is 5.73 Å². The Kier molecular flexibility index (Phi) is 4.14. The van der Waals surface area contributed by atoms with Crippen LogP contribution >= 0.6 is 0 Å². The van der Waals surface area contributed by atoms with E-state index >= 15 is 0 Å². The normalized spacial score (nSPS) is 10.1. The van der Waals surface area contributed by atoms with Gasteiger partial charge >= 0.3 is 0 Å². The van der Waals surface area contributed by atoms with Gasteiger partial charge in [-0.2, -0.15) is 0 Å². The maximum absolute atomic E-state index is 13.7. The summed E-state index contributed by atoms with van der Waals surface area (Å²) in [5, 5.41) is 3.03. The van der Waals surface area contributed by atoms with Gasteiger partial charge in [0.25, 0.3) is 0 Å². The molecule has 20 heavy (non-hydrogen) atoms. The van der Waals surface area contributed by atoms with Gasteiger partial charge in [-0.3, -0.25) is 4.79 Å². The number of halogens is 1. The Balaban J connectivity index is 2.04. The molecule has 6 heteroatoms. The number of nitrogens with zero attached hydrogens (tertiary/aromatic N) is 1. The second kappa shape index (κ2) is 6.01. The van der Waals surface area contributed by atoms with E-state index in [0.29, 0.717) is 11.4 Å². The molecule has 0 aliphatic carbocycles. The van der Waals surface area contributed by atoms with Gasteiger partial charge in [0.15, 0.2) is 0 Å². The lowest BCUT2D eigenvalue weighted by molar-refractivity contribution is 0.1000. The molecule has 2 aromatic rings. The Morgan fingerprint density at radius 3 is 2.75 bits per heavy atom. The number of pyridine rings is 1. The highest BCUT2D eigenvalue weighted by molar-refractivity contribution is 5.92. The van der Waals surface area contributed by atoms with Crippen LogP contribution in [0.1, 0.15) is 15.9 Å². The van der Waals surface area contributed by atoms with Crippen molar-refractivity contribution in [3.05, 3.63) is 53.5 Å². The Bertz CT molecular complexity index is 614. The topological polar surface area (TPSA) is 77.2 Å². The fraction of sp³-hybridized carbons (Fsp3) is 0.143. The number of hydrogen-bond donors (Lipinski definition) is 2. The summed E-state index contributed by atoms with van der Waals surface area (Å²) in [7, 11) is 1.53. The van der Waals surface area contributed by atoms with Gasteiger partial charge < -0.3 is 15.8 Å². The first-order valence-corrected chi connectivity index (χ1v) is 5.92. The lowest BCUT2D eigenvalue weighted by Gasteiger charge is -2.08. The highest BCUT2D eigenvalue weighted by Crippen LogP contribution is 2.15. The Morgan fingerprint density at radius 1 is 1.40 bits per heavy atom. The lowest BCUT2D eigenvalue weighted by atomic mass is 10.1. The van der Waals surface area contributed by atoms with E-state index in [2.05, 4.69) is 10.3 Å². The average Bonchev–Trinajstić information content (AvgIpc) is 2.46. The van der Waals surface area contributed by atoms with Crippen molar-refractivity contribution in [2.75, 3.05) is 12.4 Å². The third-order valence-electron chi connectivity index (χ3n) is 2.77. The van der Waals surface area contributed by atoms with Crippen LogP contribution in [-0.4, -0.2) is 18.0 Å². The smallest absolute Gasteiger partial charge is 0.248 e. The van der Waals surface area contributed by atoms with Crippen LogP contribution in [0.15, 0.2) is 36.5 Å². The zero-order valence-electron chi connectivity index (χ0n) is 10.9. The van der Waals surface area contributed by atoms with E-state index < -0.39 is 11.7 Å². The number of primary amides is 1. The van der Waals surface area contributed by atoms with Gasteiger partial charge in [0.05, 0.1) is 19.0 Å². The minimum Gasteiger partial charge on any atom is -0.481 e. The van der Waals surface area contributed by atoms with E-state index in [0.717, 1.165) is 11.8 Å². The van der Waals surface area contributed by atoms with Gasteiger partial charge in [0.1, 0.15) is 5.82 Å². The van der Waals surface area contributed by atoms with Gasteiger partial charge in [-0.05, 0) is 18.2 Å². The number of methoxy groups -OCH3 is 1. The van der Waals surface area contributed by atoms with Crippen molar-refractivity contribution in [1.29, 1.82) is 0 Å². The van der Waals surface area contributed by atoms with Crippen LogP contribution in [0.25, 0.3) is 0 Å². The molecule has 2 rings (SSSR count). The van der Waals surface area contributed by atoms with E-state index in [1.54, 1.807) is 18.3 Å². The predicted octanol–water partition coefficient (Wildman–Crippen LogP) is 1.94. The van der Waals surface area contributed by atoms with Gasteiger partial charge in [0, 0.05) is 23.7 Å². The third kappa shape index (κ3) is 3.23. The molecule has 0 radical (unpaired) electrons. The number of carbonyl (C=O) groups excluding carboxylic acids is 1. The standard InChI is InChI=1S/C14H14FN3O2/c1-20-13-5-4-11(8-18-13)17-7-10-3-2-9(14(16)19)6-12(10)15/h2-6,8,17H,7H2,1H3,(H2,16,19). The van der Waals surface area contributed by atoms with Gasteiger partial charge in [-0.25, -0.2) is 9.37 Å². The summed E-state index contributed by atoms with van der Waals surface area (Å²) in [6.45, 7) is 0.277. The molecule has 3 N–H and O–H groups in total. The van der Waals surface area contributed by atoms with E-state index in [1.807, 2.05) is 0 Å². The van der Waals surface area contributed by atoms with E-state index in [1.165, 1.54) is 19.2 Å². The molecule has 104 valence electrons. The number of carbonyl (C=O) groups is 1. The zero-order chi connectivity index (χ0) is 14.5. The van der Waals surface area contributed by atoms with Crippen molar-refractivity contribution >= 4 is 11.6 Å². The van der Waals surface area contributed by atoms with Crippen molar-refractivity contribution in [1.82, 2.24) is 4.98 Å². The first-order valence-electron chi connectivity index (χ1n) is 5.92. The second-order valence-corrected chi connectivity index (χ2v) is 4.11. The predicted molar refractivity (Wildman–Crippen MR) is 73.0 cm³/mol. The fourth-order valence-electron chi connectivity index (χ4n) is 1.65. The summed E-state index contributed by atoms with van der Waals surface area (Å²) in [6, 6.07) is 7.64. The van der Waals surface area contributed by atoms with Crippen LogP contribution < -0.4 is 15.8 Å². The molecular weight excluding hydrogens is 261 g/mol. The SMILES string of the molecule is COc1ccc(NCc2ccc(C(N)=O)cc2F)cn1. The minimum atomic E-state index is -0.650. The number of nitrogens with one attached hydrogen (secondary N) is 1. The van der Waals surface area contributed by atoms with Crippen LogP contribution in [0.4, 0.5) is 10.1 Å². The molecule has 0 fully saturated rings. The summed E-state index contributed by atoms with van der Waals surface area (Å²) < 4.78 is 18.7. The minimum absolute atomic E-state index is 0.150. The van der Waals surface area contributed by atoms with Crippen molar-refractivity contribution in [2.45, 2.75) is 6.54 Å². The maximum Gasteiger partial charge on any atom is 0.248 e. The van der Waals surface area contributed by atoms with Gasteiger partial charge in [-0.1, -0.05) is 6.07 Å². The monoisotopic (exact) mass is 275 g/mol. The molecule has 1 aromatic heterocycles. The third-order valence-corrected chi connectivity index (χ3v) is 2.77. The van der Waals surface area contributed by atoms with E-state index in [9.17, 15) is 9.18 Å². The molecule has 0 saturated carbocycles. The molecule has 5 nitrogen and oxygen atoms in total. The highest BCUT2D eigenvalue weighted by atomic mass is 19.1. The van der Waals surface area contributed by atoms with Crippen LogP contribution in [-0.2, 0) is 6.54 Å². The van der Waals surface area contributed by atoms with E-state index in [4.69, 9.17) is 10.5 Å². The van der Waals surface area contributed by atoms with Crippen molar-refractivity contribution in [3.63, 3.8) is 0 Å². The number of aromatic nitrogens is 1. The molecule has 0 atom stereocenters. The number of benzene rings is 1. The summed E-state index contributed by atoms with van der Waals surface area (Å²) in [5.74, 6) is -0.620. The summed E-state index contributed by atoms with van der Waals surface area (Å²) in [5.41, 5.74) is 6.41. The van der Waals surface area contributed by atoms with Crippen LogP contribution in [0.2, 0.25) is 0 Å². The molecule has 0 bridgehead atoms. The molecule has 1 heterocycles. The molecule has 1 amide bonds. The van der Waals surface area contributed by atoms with Crippen LogP contribution in [0.3, 0.4) is 0 Å². The molecule has 0 aliphatic rings. The first-order chi connectivity index (χ1) is 9.60. The molecule has 0 saturated heterocycles. The van der Waals surface area contributed by atoms with Gasteiger partial charge in [-0.15, -0.1) is 0 Å². The maximum atomic E-state index is 13.7. The lowest BCUT2D eigenvalue weighted by Crippen LogP contribution is -2.12. The number of ether oxygens (including phenoxy) is 1. The summed E-state index contributed by atoms with van der Waals surface area (Å²) in [6.07, 6.45) is 1.59. The number of rotatable bonds is 5. The van der Waals surface area contributed by atoms with Crippen LogP contribution in [0.5, 0.6) is 5.88 Å². The van der Waals surface area contributed by atoms with Gasteiger partial charge in [0.2, 0.25) is 11.8 Å². The largest absolute Gasteiger partial charge is 0.481 e. The molecule has 0 unspecified atom stereocenters. The first kappa shape index (κ1) is 13.8. The Labute approximate surface area is 115 Å². The quantitative estimate of drug-likeness (QED) is 0.874. The number of anilines is 1. The fourth-order valence-corrected chi connectivity index (χ4v) is 1.65. The van der Waals surface area contributed by atoms with Crippen molar-refractivity contribution in [3.8, 4) is 5.88 Å².